The lowest BCUT2D eigenvalue weighted by Gasteiger charge is -2.22. The number of halogens is 2. The van der Waals surface area contributed by atoms with Crippen LogP contribution in [0.15, 0.2) is 11.1 Å². The van der Waals surface area contributed by atoms with Crippen molar-refractivity contribution in [3.63, 3.8) is 0 Å². The number of aromatic amines is 1. The molecule has 0 amide bonds. The van der Waals surface area contributed by atoms with Gasteiger partial charge in [-0.25, -0.2) is 13.8 Å². The molecule has 3 atom stereocenters. The molecule has 3 rings (SSSR count). The van der Waals surface area contributed by atoms with Gasteiger partial charge in [0.1, 0.15) is 6.61 Å². The van der Waals surface area contributed by atoms with E-state index in [1.54, 1.807) is 0 Å². The van der Waals surface area contributed by atoms with E-state index < -0.39 is 36.3 Å². The number of nitrogens with zero attached hydrogens (tertiary/aromatic N) is 3. The molecule has 0 bridgehead atoms. The topological polar surface area (TPSA) is 119 Å². The first-order valence-electron chi connectivity index (χ1n) is 6.15. The Morgan fingerprint density at radius 3 is 3.00 bits per heavy atom. The minimum Gasteiger partial charge on any atom is -0.390 e. The van der Waals surface area contributed by atoms with E-state index in [0.29, 0.717) is 0 Å². The molecule has 114 valence electrons. The number of anilines is 1. The van der Waals surface area contributed by atoms with Gasteiger partial charge in [0, 0.05) is 6.42 Å². The molecule has 21 heavy (non-hydrogen) atoms. The number of fused-ring (bicyclic) bond motifs is 1. The van der Waals surface area contributed by atoms with E-state index in [0.717, 1.165) is 17.8 Å². The van der Waals surface area contributed by atoms with E-state index in [2.05, 4.69) is 15.0 Å². The normalized spacial score (nSPS) is 32.9. The zero-order valence-electron chi connectivity index (χ0n) is 11.0. The van der Waals surface area contributed by atoms with E-state index >= 15 is 0 Å². The SMILES string of the molecule is CC1(F)CC(F)(CO)OC1n1cnc2c(=O)[nH]c(N)nc21. The Morgan fingerprint density at radius 2 is 2.38 bits per heavy atom. The number of nitrogens with two attached hydrogens (primary N) is 1. The number of nitrogen functional groups attached to an aromatic ring is 1. The van der Waals surface area contributed by atoms with Gasteiger partial charge in [-0.2, -0.15) is 4.98 Å². The Balaban J connectivity index is 2.15. The first-order chi connectivity index (χ1) is 9.76. The smallest absolute Gasteiger partial charge is 0.280 e. The van der Waals surface area contributed by atoms with Gasteiger partial charge in [0.25, 0.3) is 5.56 Å². The summed E-state index contributed by atoms with van der Waals surface area (Å²) in [6.45, 7) is 0.156. The van der Waals surface area contributed by atoms with Gasteiger partial charge >= 0.3 is 0 Å². The molecule has 2 aromatic heterocycles. The van der Waals surface area contributed by atoms with Crippen molar-refractivity contribution in [3.8, 4) is 0 Å². The fourth-order valence-electron chi connectivity index (χ4n) is 2.52. The lowest BCUT2D eigenvalue weighted by atomic mass is 10.0. The van der Waals surface area contributed by atoms with Gasteiger partial charge in [0.2, 0.25) is 11.8 Å². The molecule has 0 aliphatic carbocycles. The monoisotopic (exact) mass is 301 g/mol. The molecule has 1 aliphatic rings. The summed E-state index contributed by atoms with van der Waals surface area (Å²) < 4.78 is 34.7. The molecular formula is C11H13F2N5O3. The minimum atomic E-state index is -2.50. The quantitative estimate of drug-likeness (QED) is 0.718. The van der Waals surface area contributed by atoms with Crippen LogP contribution in [0.5, 0.6) is 0 Å². The fraction of sp³-hybridized carbons (Fsp3) is 0.545. The number of aliphatic hydroxyl groups excluding tert-OH is 1. The van der Waals surface area contributed by atoms with Gasteiger partial charge in [0.15, 0.2) is 23.1 Å². The second-order valence-electron chi connectivity index (χ2n) is 5.24. The van der Waals surface area contributed by atoms with E-state index in [4.69, 9.17) is 15.6 Å². The van der Waals surface area contributed by atoms with Crippen LogP contribution in [-0.4, -0.2) is 42.8 Å². The Hall–Kier alpha value is -2.07. The number of nitrogens with one attached hydrogen (secondary N) is 1. The van der Waals surface area contributed by atoms with Gasteiger partial charge in [-0.1, -0.05) is 0 Å². The average molecular weight is 301 g/mol. The van der Waals surface area contributed by atoms with Crippen molar-refractivity contribution in [3.05, 3.63) is 16.7 Å². The van der Waals surface area contributed by atoms with Gasteiger partial charge in [-0.3, -0.25) is 14.3 Å². The molecule has 0 saturated carbocycles. The summed E-state index contributed by atoms with van der Waals surface area (Å²) in [6, 6.07) is 0. The molecule has 8 nitrogen and oxygen atoms in total. The van der Waals surface area contributed by atoms with E-state index in [1.807, 2.05) is 0 Å². The van der Waals surface area contributed by atoms with Crippen molar-refractivity contribution in [1.29, 1.82) is 0 Å². The molecule has 1 saturated heterocycles. The van der Waals surface area contributed by atoms with Crippen molar-refractivity contribution in [2.24, 2.45) is 0 Å². The van der Waals surface area contributed by atoms with E-state index in [9.17, 15) is 13.6 Å². The first kappa shape index (κ1) is 13.9. The number of imidazole rings is 1. The fourth-order valence-corrected chi connectivity index (χ4v) is 2.52. The Morgan fingerprint density at radius 1 is 1.67 bits per heavy atom. The van der Waals surface area contributed by atoms with Crippen LogP contribution in [0.2, 0.25) is 0 Å². The minimum absolute atomic E-state index is 0.0210. The standard InChI is InChI=1S/C11H13F2N5O3/c1-10(12)2-11(13,3-19)21-8(10)18-4-15-5-6(18)16-9(14)17-7(5)20/h4,8,19H,2-3H2,1H3,(H3,14,16,17,20). The van der Waals surface area contributed by atoms with Crippen LogP contribution in [0, 0.1) is 0 Å². The second-order valence-corrected chi connectivity index (χ2v) is 5.24. The molecular weight excluding hydrogens is 288 g/mol. The van der Waals surface area contributed by atoms with E-state index in [-0.39, 0.29) is 17.1 Å². The second kappa shape index (κ2) is 4.21. The Labute approximate surface area is 116 Å². The maximum absolute atomic E-state index is 14.6. The van der Waals surface area contributed by atoms with Gasteiger partial charge in [-0.15, -0.1) is 0 Å². The van der Waals surface area contributed by atoms with Crippen LogP contribution < -0.4 is 11.3 Å². The number of alkyl halides is 2. The molecule has 4 N–H and O–H groups in total. The zero-order valence-corrected chi connectivity index (χ0v) is 11.0. The lowest BCUT2D eigenvalue weighted by Crippen LogP contribution is -2.28. The summed E-state index contributed by atoms with van der Waals surface area (Å²) in [4.78, 5) is 21.6. The van der Waals surface area contributed by atoms with Crippen molar-refractivity contribution >= 4 is 17.1 Å². The third-order valence-corrected chi connectivity index (χ3v) is 3.39. The molecule has 1 aliphatic heterocycles. The van der Waals surface area contributed by atoms with Crippen molar-refractivity contribution in [2.45, 2.75) is 31.1 Å². The first-order valence-corrected chi connectivity index (χ1v) is 6.15. The highest BCUT2D eigenvalue weighted by atomic mass is 19.2. The van der Waals surface area contributed by atoms with Crippen LogP contribution in [0.1, 0.15) is 19.6 Å². The van der Waals surface area contributed by atoms with Crippen molar-refractivity contribution in [1.82, 2.24) is 19.5 Å². The van der Waals surface area contributed by atoms with Crippen molar-refractivity contribution < 1.29 is 18.6 Å². The molecule has 0 aromatic carbocycles. The summed E-state index contributed by atoms with van der Waals surface area (Å²) in [7, 11) is 0. The maximum atomic E-state index is 14.6. The predicted molar refractivity (Wildman–Crippen MR) is 67.7 cm³/mol. The molecule has 3 heterocycles. The maximum Gasteiger partial charge on any atom is 0.280 e. The molecule has 1 fully saturated rings. The summed E-state index contributed by atoms with van der Waals surface area (Å²) in [5, 5.41) is 8.99. The average Bonchev–Trinajstić information content (AvgIpc) is 2.88. The third kappa shape index (κ3) is 2.07. The van der Waals surface area contributed by atoms with Crippen LogP contribution in [0.3, 0.4) is 0 Å². The number of rotatable bonds is 2. The van der Waals surface area contributed by atoms with Crippen LogP contribution >= 0.6 is 0 Å². The summed E-state index contributed by atoms with van der Waals surface area (Å²) in [5.41, 5.74) is 2.64. The number of aliphatic hydroxyl groups is 1. The molecule has 0 radical (unpaired) electrons. The highest BCUT2D eigenvalue weighted by Gasteiger charge is 2.56. The van der Waals surface area contributed by atoms with Gasteiger partial charge in [0.05, 0.1) is 6.33 Å². The molecule has 0 spiro atoms. The van der Waals surface area contributed by atoms with E-state index in [1.165, 1.54) is 0 Å². The van der Waals surface area contributed by atoms with Gasteiger partial charge < -0.3 is 15.6 Å². The Kier molecular flexibility index (Phi) is 2.79. The highest BCUT2D eigenvalue weighted by Crippen LogP contribution is 2.47. The summed E-state index contributed by atoms with van der Waals surface area (Å²) >= 11 is 0. The van der Waals surface area contributed by atoms with Crippen LogP contribution in [0.4, 0.5) is 14.7 Å². The Bertz CT molecular complexity index is 758. The van der Waals surface area contributed by atoms with Gasteiger partial charge in [-0.05, 0) is 6.92 Å². The lowest BCUT2D eigenvalue weighted by molar-refractivity contribution is -0.180. The highest BCUT2D eigenvalue weighted by molar-refractivity contribution is 5.70. The van der Waals surface area contributed by atoms with Crippen LogP contribution in [0.25, 0.3) is 11.2 Å². The number of H-pyrrole nitrogens is 1. The molecule has 3 unspecified atom stereocenters. The predicted octanol–water partition coefficient (Wildman–Crippen LogP) is 0.00700. The zero-order chi connectivity index (χ0) is 15.4. The van der Waals surface area contributed by atoms with Crippen LogP contribution in [-0.2, 0) is 4.74 Å². The summed E-state index contributed by atoms with van der Waals surface area (Å²) in [5.74, 6) is -2.68. The largest absolute Gasteiger partial charge is 0.390 e. The molecule has 2 aromatic rings. The van der Waals surface area contributed by atoms with Crippen molar-refractivity contribution in [2.75, 3.05) is 12.3 Å². The number of hydrogen-bond donors (Lipinski definition) is 3. The number of ether oxygens (including phenoxy) is 1. The summed E-state index contributed by atoms with van der Waals surface area (Å²) in [6.07, 6.45) is -0.953. The molecule has 10 heteroatoms. The number of aromatic nitrogens is 4. The third-order valence-electron chi connectivity index (χ3n) is 3.39. The number of hydrogen-bond acceptors (Lipinski definition) is 6.